The number of nitrogens with zero attached hydrogens (tertiary/aromatic N) is 1. The molecular formula is C28H33ClN2O3. The molecule has 3 rings (SSSR count). The normalized spacial score (nSPS) is 11.1. The molecule has 0 atom stereocenters. The van der Waals surface area contributed by atoms with Gasteiger partial charge in [-0.15, -0.1) is 0 Å². The van der Waals surface area contributed by atoms with Crippen LogP contribution in [0, 0.1) is 0 Å². The second-order valence-electron chi connectivity index (χ2n) is 8.26. The maximum atomic E-state index is 12.3. The lowest BCUT2D eigenvalue weighted by Crippen LogP contribution is -2.17. The summed E-state index contributed by atoms with van der Waals surface area (Å²) in [4.78, 5) is 12.3. The molecule has 0 fully saturated rings. The minimum Gasteiger partial charge on any atom is -0.494 e. The number of hydrogen-bond acceptors (Lipinski definition) is 4. The first-order valence-electron chi connectivity index (χ1n) is 12.1. The molecule has 1 heterocycles. The lowest BCUT2D eigenvalue weighted by molar-refractivity contribution is 0.0955. The SMILES string of the molecule is CCCCCCCCCCOc1ccc(C(=O)N/N=C\c2ccc(-c3ccc(Cl)cc3)o2)cc1. The maximum Gasteiger partial charge on any atom is 0.271 e. The highest BCUT2D eigenvalue weighted by molar-refractivity contribution is 6.30. The van der Waals surface area contributed by atoms with Gasteiger partial charge in [0.15, 0.2) is 0 Å². The first kappa shape index (κ1) is 25.6. The van der Waals surface area contributed by atoms with Gasteiger partial charge >= 0.3 is 0 Å². The van der Waals surface area contributed by atoms with Gasteiger partial charge in [-0.25, -0.2) is 5.43 Å². The largest absolute Gasteiger partial charge is 0.494 e. The number of benzene rings is 2. The Morgan fingerprint density at radius 2 is 1.59 bits per heavy atom. The molecule has 2 aromatic carbocycles. The van der Waals surface area contributed by atoms with Gasteiger partial charge in [-0.1, -0.05) is 63.5 Å². The van der Waals surface area contributed by atoms with Gasteiger partial charge in [0.2, 0.25) is 0 Å². The molecule has 1 N–H and O–H groups in total. The molecule has 0 aliphatic rings. The van der Waals surface area contributed by atoms with Crippen LogP contribution in [-0.4, -0.2) is 18.7 Å². The molecular weight excluding hydrogens is 448 g/mol. The number of ether oxygens (including phenoxy) is 1. The zero-order valence-electron chi connectivity index (χ0n) is 19.8. The Morgan fingerprint density at radius 1 is 0.912 bits per heavy atom. The number of furan rings is 1. The zero-order valence-corrected chi connectivity index (χ0v) is 20.5. The molecule has 0 saturated carbocycles. The van der Waals surface area contributed by atoms with Crippen LogP contribution in [0.2, 0.25) is 5.02 Å². The van der Waals surface area contributed by atoms with Gasteiger partial charge in [0, 0.05) is 16.1 Å². The molecule has 0 spiro atoms. The minimum absolute atomic E-state index is 0.296. The molecule has 5 nitrogen and oxygen atoms in total. The van der Waals surface area contributed by atoms with E-state index in [-0.39, 0.29) is 5.91 Å². The fourth-order valence-corrected chi connectivity index (χ4v) is 3.67. The third-order valence-corrected chi connectivity index (χ3v) is 5.75. The number of hydrogen-bond donors (Lipinski definition) is 1. The van der Waals surface area contributed by atoms with Crippen molar-refractivity contribution in [2.24, 2.45) is 5.10 Å². The van der Waals surface area contributed by atoms with Crippen molar-refractivity contribution >= 4 is 23.7 Å². The number of rotatable bonds is 14. The van der Waals surface area contributed by atoms with Crippen molar-refractivity contribution in [3.05, 3.63) is 77.0 Å². The number of carbonyl (C=O) groups is 1. The van der Waals surface area contributed by atoms with Crippen LogP contribution in [-0.2, 0) is 0 Å². The smallest absolute Gasteiger partial charge is 0.271 e. The Hall–Kier alpha value is -3.05. The maximum absolute atomic E-state index is 12.3. The van der Waals surface area contributed by atoms with Gasteiger partial charge in [-0.05, 0) is 67.1 Å². The lowest BCUT2D eigenvalue weighted by atomic mass is 10.1. The molecule has 180 valence electrons. The molecule has 0 saturated heterocycles. The first-order chi connectivity index (χ1) is 16.7. The molecule has 1 amide bonds. The Balaban J connectivity index is 1.36. The van der Waals surface area contributed by atoms with Gasteiger partial charge in [-0.2, -0.15) is 5.10 Å². The molecule has 1 aromatic heterocycles. The summed E-state index contributed by atoms with van der Waals surface area (Å²) in [5.41, 5.74) is 3.95. The van der Waals surface area contributed by atoms with E-state index in [9.17, 15) is 4.79 Å². The molecule has 0 aliphatic heterocycles. The van der Waals surface area contributed by atoms with Crippen LogP contribution >= 0.6 is 11.6 Å². The van der Waals surface area contributed by atoms with Crippen molar-refractivity contribution in [3.63, 3.8) is 0 Å². The number of hydrazone groups is 1. The summed E-state index contributed by atoms with van der Waals surface area (Å²) in [5.74, 6) is 1.71. The number of halogens is 1. The number of unbranched alkanes of at least 4 members (excludes halogenated alkanes) is 7. The van der Waals surface area contributed by atoms with Gasteiger partial charge in [-0.3, -0.25) is 4.79 Å². The van der Waals surface area contributed by atoms with Crippen LogP contribution in [0.25, 0.3) is 11.3 Å². The van der Waals surface area contributed by atoms with Crippen molar-refractivity contribution in [1.82, 2.24) is 5.43 Å². The van der Waals surface area contributed by atoms with Crippen molar-refractivity contribution < 1.29 is 13.9 Å². The standard InChI is InChI=1S/C28H33ClN2O3/c1-2-3-4-5-6-7-8-9-20-33-25-16-12-23(13-17-25)28(32)31-30-21-26-18-19-27(34-26)22-10-14-24(29)15-11-22/h10-19,21H,2-9,20H2,1H3,(H,31,32)/b30-21-. The third kappa shape index (κ3) is 8.71. The molecule has 6 heteroatoms. The predicted octanol–water partition coefficient (Wildman–Crippen LogP) is 7.88. The Kier molecular flexibility index (Phi) is 10.7. The quantitative estimate of drug-likeness (QED) is 0.145. The van der Waals surface area contributed by atoms with Crippen LogP contribution in [0.4, 0.5) is 0 Å². The molecule has 34 heavy (non-hydrogen) atoms. The van der Waals surface area contributed by atoms with Gasteiger partial charge in [0.25, 0.3) is 5.91 Å². The van der Waals surface area contributed by atoms with E-state index in [1.807, 2.05) is 30.3 Å². The van der Waals surface area contributed by atoms with Crippen LogP contribution in [0.3, 0.4) is 0 Å². The summed E-state index contributed by atoms with van der Waals surface area (Å²) in [5, 5.41) is 4.66. The highest BCUT2D eigenvalue weighted by atomic mass is 35.5. The summed E-state index contributed by atoms with van der Waals surface area (Å²) in [7, 11) is 0. The van der Waals surface area contributed by atoms with Crippen LogP contribution in [0.5, 0.6) is 5.75 Å². The van der Waals surface area contributed by atoms with Crippen LogP contribution < -0.4 is 10.2 Å². The van der Waals surface area contributed by atoms with E-state index in [1.165, 1.54) is 51.2 Å². The summed E-state index contributed by atoms with van der Waals surface area (Å²) >= 11 is 5.92. The van der Waals surface area contributed by atoms with E-state index in [2.05, 4.69) is 17.5 Å². The first-order valence-corrected chi connectivity index (χ1v) is 12.5. The summed E-state index contributed by atoms with van der Waals surface area (Å²) in [6, 6.07) is 18.1. The fourth-order valence-electron chi connectivity index (χ4n) is 3.54. The second kappa shape index (κ2) is 14.3. The van der Waals surface area contributed by atoms with E-state index >= 15 is 0 Å². The van der Waals surface area contributed by atoms with Crippen molar-refractivity contribution in [1.29, 1.82) is 0 Å². The molecule has 0 bridgehead atoms. The number of amides is 1. The zero-order chi connectivity index (χ0) is 24.0. The third-order valence-electron chi connectivity index (χ3n) is 5.50. The van der Waals surface area contributed by atoms with E-state index < -0.39 is 0 Å². The Morgan fingerprint density at radius 3 is 2.29 bits per heavy atom. The van der Waals surface area contributed by atoms with E-state index in [0.717, 1.165) is 17.7 Å². The average molecular weight is 481 g/mol. The molecule has 3 aromatic rings. The minimum atomic E-state index is -0.296. The Labute approximate surface area is 207 Å². The van der Waals surface area contributed by atoms with Gasteiger partial charge in [0.05, 0.1) is 12.8 Å². The fraction of sp³-hybridized carbons (Fsp3) is 0.357. The van der Waals surface area contributed by atoms with Crippen LogP contribution in [0.15, 0.2) is 70.2 Å². The highest BCUT2D eigenvalue weighted by Crippen LogP contribution is 2.23. The van der Waals surface area contributed by atoms with E-state index in [4.69, 9.17) is 20.8 Å². The van der Waals surface area contributed by atoms with E-state index in [0.29, 0.717) is 28.7 Å². The topological polar surface area (TPSA) is 63.8 Å². The summed E-state index contributed by atoms with van der Waals surface area (Å²) < 4.78 is 11.5. The lowest BCUT2D eigenvalue weighted by Gasteiger charge is -2.07. The highest BCUT2D eigenvalue weighted by Gasteiger charge is 2.06. The molecule has 0 unspecified atom stereocenters. The Bertz CT molecular complexity index is 1030. The molecule has 0 radical (unpaired) electrons. The van der Waals surface area contributed by atoms with Crippen molar-refractivity contribution in [2.45, 2.75) is 58.3 Å². The van der Waals surface area contributed by atoms with Crippen molar-refractivity contribution in [2.75, 3.05) is 6.61 Å². The summed E-state index contributed by atoms with van der Waals surface area (Å²) in [6.07, 6.45) is 11.6. The average Bonchev–Trinajstić information content (AvgIpc) is 3.32. The summed E-state index contributed by atoms with van der Waals surface area (Å²) in [6.45, 7) is 2.94. The predicted molar refractivity (Wildman–Crippen MR) is 139 cm³/mol. The van der Waals surface area contributed by atoms with Crippen LogP contribution in [0.1, 0.15) is 74.4 Å². The number of nitrogens with one attached hydrogen (secondary N) is 1. The number of carbonyl (C=O) groups excluding carboxylic acids is 1. The van der Waals surface area contributed by atoms with Gasteiger partial charge < -0.3 is 9.15 Å². The van der Waals surface area contributed by atoms with Gasteiger partial charge in [0.1, 0.15) is 17.3 Å². The second-order valence-corrected chi connectivity index (χ2v) is 8.69. The molecule has 0 aliphatic carbocycles. The monoisotopic (exact) mass is 480 g/mol. The van der Waals surface area contributed by atoms with Crippen molar-refractivity contribution in [3.8, 4) is 17.1 Å². The van der Waals surface area contributed by atoms with E-state index in [1.54, 1.807) is 30.3 Å².